The third-order valence-electron chi connectivity index (χ3n) is 4.77. The summed E-state index contributed by atoms with van der Waals surface area (Å²) in [6, 6.07) is 5.89. The van der Waals surface area contributed by atoms with Gasteiger partial charge >= 0.3 is 12.2 Å². The minimum Gasteiger partial charge on any atom is -0.484 e. The number of amides is 2. The molecule has 0 bridgehead atoms. The lowest BCUT2D eigenvalue weighted by atomic mass is 10.1. The number of benzene rings is 1. The summed E-state index contributed by atoms with van der Waals surface area (Å²) in [4.78, 5) is 19.8. The summed E-state index contributed by atoms with van der Waals surface area (Å²) in [6.45, 7) is 4.94. The van der Waals surface area contributed by atoms with Gasteiger partial charge in [0.05, 0.1) is 5.70 Å². The highest BCUT2D eigenvalue weighted by molar-refractivity contribution is 6.43. The number of nitrogens with zero attached hydrogens (tertiary/aromatic N) is 3. The van der Waals surface area contributed by atoms with Crippen LogP contribution in [0.4, 0.5) is 22.4 Å². The third kappa shape index (κ3) is 7.01. The number of hydrogen-bond acceptors (Lipinski definition) is 4. The molecule has 1 unspecified atom stereocenters. The number of urea groups is 1. The van der Waals surface area contributed by atoms with Crippen molar-refractivity contribution in [1.29, 1.82) is 0 Å². The number of aliphatic imine (C=N–C) groups is 1. The van der Waals surface area contributed by atoms with Crippen molar-refractivity contribution in [3.63, 3.8) is 0 Å². The van der Waals surface area contributed by atoms with Crippen LogP contribution in [0.15, 0.2) is 40.0 Å². The summed E-state index contributed by atoms with van der Waals surface area (Å²) in [6.07, 6.45) is -5.35. The van der Waals surface area contributed by atoms with E-state index in [9.17, 15) is 22.4 Å². The molecule has 2 amide bonds. The van der Waals surface area contributed by atoms with Gasteiger partial charge in [0.1, 0.15) is 29.5 Å². The van der Waals surface area contributed by atoms with Crippen molar-refractivity contribution in [3.8, 4) is 5.75 Å². The van der Waals surface area contributed by atoms with E-state index in [1.807, 2.05) is 13.8 Å². The summed E-state index contributed by atoms with van der Waals surface area (Å²) >= 11 is 6.37. The first-order chi connectivity index (χ1) is 15.1. The van der Waals surface area contributed by atoms with E-state index in [-0.39, 0.29) is 29.2 Å². The Labute approximate surface area is 189 Å². The predicted octanol–water partition coefficient (Wildman–Crippen LogP) is 4.70. The van der Waals surface area contributed by atoms with Crippen molar-refractivity contribution in [3.05, 3.63) is 40.6 Å². The Morgan fingerprint density at radius 1 is 1.28 bits per heavy atom. The lowest BCUT2D eigenvalue weighted by Gasteiger charge is -2.33. The molecule has 0 saturated carbocycles. The van der Waals surface area contributed by atoms with E-state index in [1.165, 1.54) is 24.0 Å². The molecule has 1 aliphatic rings. The van der Waals surface area contributed by atoms with Gasteiger partial charge in [-0.2, -0.15) is 13.2 Å². The molecule has 0 saturated heterocycles. The van der Waals surface area contributed by atoms with Crippen molar-refractivity contribution >= 4 is 23.5 Å². The number of halogens is 5. The van der Waals surface area contributed by atoms with E-state index in [2.05, 4.69) is 15.0 Å². The van der Waals surface area contributed by atoms with Gasteiger partial charge < -0.3 is 15.0 Å². The fourth-order valence-electron chi connectivity index (χ4n) is 3.12. The number of nitrogens with one attached hydrogen (secondary N) is 1. The number of amidine groups is 1. The van der Waals surface area contributed by atoms with Gasteiger partial charge in [0.2, 0.25) is 0 Å². The summed E-state index contributed by atoms with van der Waals surface area (Å²) in [7, 11) is 0. The van der Waals surface area contributed by atoms with Crippen molar-refractivity contribution in [1.82, 2.24) is 15.1 Å². The van der Waals surface area contributed by atoms with E-state index in [0.29, 0.717) is 31.9 Å². The molecule has 11 heteroatoms. The topological polar surface area (TPSA) is 57.2 Å². The molecule has 0 aromatic heterocycles. The summed E-state index contributed by atoms with van der Waals surface area (Å²) in [5, 5.41) is 3.09. The zero-order valence-corrected chi connectivity index (χ0v) is 18.9. The van der Waals surface area contributed by atoms with Crippen LogP contribution in [0.1, 0.15) is 26.3 Å². The maximum atomic E-state index is 14.3. The Balaban J connectivity index is 1.98. The number of carbonyl (C=O) groups excluding carboxylic acids is 1. The van der Waals surface area contributed by atoms with Crippen molar-refractivity contribution in [2.45, 2.75) is 39.5 Å². The molecular weight excluding hydrogens is 452 g/mol. The minimum atomic E-state index is -4.39. The molecule has 32 heavy (non-hydrogen) atoms. The number of alkyl halides is 4. The Morgan fingerprint density at radius 3 is 2.44 bits per heavy atom. The van der Waals surface area contributed by atoms with E-state index >= 15 is 0 Å². The van der Waals surface area contributed by atoms with Crippen LogP contribution in [0.2, 0.25) is 0 Å². The van der Waals surface area contributed by atoms with Crippen molar-refractivity contribution < 1.29 is 27.1 Å². The molecule has 0 aliphatic carbocycles. The lowest BCUT2D eigenvalue weighted by molar-refractivity contribution is -0.153. The third-order valence-corrected chi connectivity index (χ3v) is 5.14. The highest BCUT2D eigenvalue weighted by atomic mass is 35.5. The number of ether oxygens (including phenoxy) is 1. The van der Waals surface area contributed by atoms with Gasteiger partial charge in [-0.1, -0.05) is 23.7 Å². The highest BCUT2D eigenvalue weighted by Crippen LogP contribution is 2.26. The summed E-state index contributed by atoms with van der Waals surface area (Å²) < 4.78 is 55.6. The number of carbonyl (C=O) groups is 1. The number of rotatable bonds is 8. The van der Waals surface area contributed by atoms with E-state index in [4.69, 9.17) is 11.6 Å². The maximum Gasteiger partial charge on any atom is 0.422 e. The zero-order chi connectivity index (χ0) is 23.9. The molecular formula is C21H27ClF4N4O2. The van der Waals surface area contributed by atoms with Gasteiger partial charge in [0.15, 0.2) is 6.61 Å². The highest BCUT2D eigenvalue weighted by Gasteiger charge is 2.32. The lowest BCUT2D eigenvalue weighted by Crippen LogP contribution is -2.47. The molecule has 0 radical (unpaired) electrons. The molecule has 1 aromatic carbocycles. The fourth-order valence-corrected chi connectivity index (χ4v) is 3.50. The monoisotopic (exact) mass is 478 g/mol. The maximum absolute atomic E-state index is 14.3. The van der Waals surface area contributed by atoms with Gasteiger partial charge in [0, 0.05) is 19.6 Å². The standard InChI is InChI=1S/C21H27ClF4N4O2/c1-4-29(5-2)20(31)30-13-28-19(17(22)18(30)14(3)23)27-11-10-15-6-8-16(9-7-15)32-12-21(24,25)26/h6-9,14H,4-5,10-13H2,1-3H3,(H,27,28). The molecule has 1 aromatic rings. The second-order valence-electron chi connectivity index (χ2n) is 7.07. The van der Waals surface area contributed by atoms with E-state index in [1.54, 1.807) is 17.0 Å². The molecule has 1 heterocycles. The summed E-state index contributed by atoms with van der Waals surface area (Å²) in [5.41, 5.74) is 0.915. The minimum absolute atomic E-state index is 0.0441. The van der Waals surface area contributed by atoms with Crippen molar-refractivity contribution in [2.75, 3.05) is 32.9 Å². The molecule has 1 aliphatic heterocycles. The second-order valence-corrected chi connectivity index (χ2v) is 7.45. The summed E-state index contributed by atoms with van der Waals surface area (Å²) in [5.74, 6) is 0.418. The largest absolute Gasteiger partial charge is 0.484 e. The van der Waals surface area contributed by atoms with Crippen LogP contribution < -0.4 is 10.1 Å². The molecule has 0 fully saturated rings. The van der Waals surface area contributed by atoms with Gasteiger partial charge in [-0.15, -0.1) is 0 Å². The van der Waals surface area contributed by atoms with Crippen LogP contribution in [0.5, 0.6) is 5.75 Å². The predicted molar refractivity (Wildman–Crippen MR) is 116 cm³/mol. The SMILES string of the molecule is CCN(CC)C(=O)N1CN=C(NCCc2ccc(OCC(F)(F)F)cc2)C(Cl)=C1C(C)F. The van der Waals surface area contributed by atoms with Crippen LogP contribution in [0.25, 0.3) is 0 Å². The van der Waals surface area contributed by atoms with Crippen LogP contribution in [0, 0.1) is 0 Å². The quantitative estimate of drug-likeness (QED) is 0.551. The van der Waals surface area contributed by atoms with Crippen molar-refractivity contribution in [2.24, 2.45) is 4.99 Å². The Morgan fingerprint density at radius 2 is 1.91 bits per heavy atom. The Bertz CT molecular complexity index is 837. The number of allylic oxidation sites excluding steroid dienone is 1. The van der Waals surface area contributed by atoms with Gasteiger partial charge in [-0.3, -0.25) is 4.90 Å². The van der Waals surface area contributed by atoms with Crippen LogP contribution in [0.3, 0.4) is 0 Å². The smallest absolute Gasteiger partial charge is 0.422 e. The Hall–Kier alpha value is -2.49. The molecule has 178 valence electrons. The first-order valence-electron chi connectivity index (χ1n) is 10.2. The first-order valence-corrected chi connectivity index (χ1v) is 10.6. The van der Waals surface area contributed by atoms with Crippen LogP contribution in [-0.4, -0.2) is 66.9 Å². The molecule has 6 nitrogen and oxygen atoms in total. The fraction of sp³-hybridized carbons (Fsp3) is 0.524. The normalized spacial score (nSPS) is 15.4. The average Bonchev–Trinajstić information content (AvgIpc) is 2.74. The van der Waals surface area contributed by atoms with Crippen LogP contribution in [-0.2, 0) is 6.42 Å². The molecule has 0 spiro atoms. The molecule has 1 N–H and O–H groups in total. The first kappa shape index (κ1) is 25.8. The van der Waals surface area contributed by atoms with Gasteiger partial charge in [0.25, 0.3) is 0 Å². The van der Waals surface area contributed by atoms with Gasteiger partial charge in [-0.25, -0.2) is 14.2 Å². The second kappa shape index (κ2) is 11.4. The van der Waals surface area contributed by atoms with Crippen LogP contribution >= 0.6 is 11.6 Å². The van der Waals surface area contributed by atoms with Gasteiger partial charge in [-0.05, 0) is 44.9 Å². The Kier molecular flexibility index (Phi) is 9.18. The molecule has 1 atom stereocenters. The average molecular weight is 479 g/mol. The number of hydrogen-bond donors (Lipinski definition) is 1. The molecule has 2 rings (SSSR count). The van der Waals surface area contributed by atoms with E-state index in [0.717, 1.165) is 5.56 Å². The van der Waals surface area contributed by atoms with E-state index < -0.39 is 19.0 Å². The zero-order valence-electron chi connectivity index (χ0n) is 18.2.